The lowest BCUT2D eigenvalue weighted by atomic mass is 10.1. The molecule has 0 saturated heterocycles. The van der Waals surface area contributed by atoms with Crippen LogP contribution in [0.25, 0.3) is 10.9 Å². The summed E-state index contributed by atoms with van der Waals surface area (Å²) in [5.41, 5.74) is 3.33. The topological polar surface area (TPSA) is 80.3 Å². The van der Waals surface area contributed by atoms with Gasteiger partial charge in [-0.3, -0.25) is 14.6 Å². The number of fused-ring (bicyclic) bond motifs is 1. The quantitative estimate of drug-likeness (QED) is 0.694. The van der Waals surface area contributed by atoms with Crippen LogP contribution < -0.4 is 10.6 Å². The number of pyridine rings is 1. The number of hydrogen-bond donors (Lipinski definition) is 2. The van der Waals surface area contributed by atoms with E-state index in [-0.39, 0.29) is 6.54 Å². The first kappa shape index (κ1) is 17.6. The standard InChI is InChI=1S/C20H19N3O3/c1-26-13-15-6-4-14(5-7-15)12-22-19(24)20(25)23-17-8-9-18-16(11-17)3-2-10-21-18/h2-11H,12-13H2,1H3,(H,22,24)(H,23,25). The summed E-state index contributed by atoms with van der Waals surface area (Å²) in [5.74, 6) is -1.39. The van der Waals surface area contributed by atoms with Crippen LogP contribution in [0.15, 0.2) is 60.8 Å². The van der Waals surface area contributed by atoms with E-state index in [2.05, 4.69) is 15.6 Å². The van der Waals surface area contributed by atoms with Crippen LogP contribution in [0.2, 0.25) is 0 Å². The number of hydrogen-bond acceptors (Lipinski definition) is 4. The van der Waals surface area contributed by atoms with Crippen molar-refractivity contribution in [3.8, 4) is 0 Å². The molecule has 2 N–H and O–H groups in total. The van der Waals surface area contributed by atoms with Crippen LogP contribution in [-0.2, 0) is 27.5 Å². The van der Waals surface area contributed by atoms with Crippen LogP contribution in [0.3, 0.4) is 0 Å². The Morgan fingerprint density at radius 1 is 1.00 bits per heavy atom. The third kappa shape index (κ3) is 4.43. The number of amides is 2. The fourth-order valence-corrected chi connectivity index (χ4v) is 2.52. The maximum atomic E-state index is 12.1. The van der Waals surface area contributed by atoms with Crippen molar-refractivity contribution >= 4 is 28.4 Å². The summed E-state index contributed by atoms with van der Waals surface area (Å²) < 4.78 is 5.05. The van der Waals surface area contributed by atoms with E-state index in [1.807, 2.05) is 36.4 Å². The van der Waals surface area contributed by atoms with Crippen LogP contribution in [-0.4, -0.2) is 23.9 Å². The SMILES string of the molecule is COCc1ccc(CNC(=O)C(=O)Nc2ccc3ncccc3c2)cc1. The smallest absolute Gasteiger partial charge is 0.313 e. The van der Waals surface area contributed by atoms with E-state index in [0.717, 1.165) is 22.0 Å². The molecule has 0 atom stereocenters. The molecular formula is C20H19N3O3. The van der Waals surface area contributed by atoms with Gasteiger partial charge in [-0.15, -0.1) is 0 Å². The van der Waals surface area contributed by atoms with Gasteiger partial charge in [0.1, 0.15) is 0 Å². The van der Waals surface area contributed by atoms with E-state index < -0.39 is 11.8 Å². The summed E-state index contributed by atoms with van der Waals surface area (Å²) in [6, 6.07) is 16.6. The second-order valence-electron chi connectivity index (χ2n) is 5.80. The van der Waals surface area contributed by atoms with Crippen molar-refractivity contribution in [2.24, 2.45) is 0 Å². The number of anilines is 1. The van der Waals surface area contributed by atoms with E-state index >= 15 is 0 Å². The molecule has 0 aliphatic rings. The first-order valence-corrected chi connectivity index (χ1v) is 8.16. The lowest BCUT2D eigenvalue weighted by Gasteiger charge is -2.08. The molecule has 0 fully saturated rings. The predicted molar refractivity (Wildman–Crippen MR) is 99.4 cm³/mol. The molecule has 132 valence electrons. The van der Waals surface area contributed by atoms with Gasteiger partial charge in [-0.05, 0) is 35.4 Å². The number of nitrogens with zero attached hydrogens (tertiary/aromatic N) is 1. The number of carbonyl (C=O) groups excluding carboxylic acids is 2. The summed E-state index contributed by atoms with van der Waals surface area (Å²) in [4.78, 5) is 28.3. The zero-order chi connectivity index (χ0) is 18.4. The van der Waals surface area contributed by atoms with Crippen LogP contribution in [0, 0.1) is 0 Å². The molecule has 0 spiro atoms. The number of nitrogens with one attached hydrogen (secondary N) is 2. The van der Waals surface area contributed by atoms with Crippen molar-refractivity contribution in [1.82, 2.24) is 10.3 Å². The molecule has 2 amide bonds. The number of carbonyl (C=O) groups is 2. The zero-order valence-electron chi connectivity index (χ0n) is 14.4. The molecular weight excluding hydrogens is 330 g/mol. The minimum absolute atomic E-state index is 0.279. The Kier molecular flexibility index (Phi) is 5.56. The average molecular weight is 349 g/mol. The van der Waals surface area contributed by atoms with Gasteiger partial charge in [0.05, 0.1) is 12.1 Å². The Morgan fingerprint density at radius 3 is 2.54 bits per heavy atom. The van der Waals surface area contributed by atoms with Gasteiger partial charge in [-0.1, -0.05) is 30.3 Å². The first-order valence-electron chi connectivity index (χ1n) is 8.16. The molecule has 0 aliphatic carbocycles. The highest BCUT2D eigenvalue weighted by molar-refractivity contribution is 6.39. The molecule has 1 heterocycles. The summed E-state index contributed by atoms with van der Waals surface area (Å²) in [6.07, 6.45) is 1.70. The van der Waals surface area contributed by atoms with Gasteiger partial charge in [0, 0.05) is 30.9 Å². The summed E-state index contributed by atoms with van der Waals surface area (Å²) in [7, 11) is 1.64. The molecule has 0 bridgehead atoms. The van der Waals surface area contributed by atoms with Gasteiger partial charge in [0.25, 0.3) is 0 Å². The summed E-state index contributed by atoms with van der Waals surface area (Å²) in [5, 5.41) is 6.10. The molecule has 6 nitrogen and oxygen atoms in total. The van der Waals surface area contributed by atoms with Crippen molar-refractivity contribution in [2.45, 2.75) is 13.2 Å². The number of ether oxygens (including phenoxy) is 1. The molecule has 3 aromatic rings. The van der Waals surface area contributed by atoms with E-state index in [1.165, 1.54) is 0 Å². The maximum absolute atomic E-state index is 12.1. The van der Waals surface area contributed by atoms with Crippen LogP contribution >= 0.6 is 0 Å². The van der Waals surface area contributed by atoms with Crippen LogP contribution in [0.1, 0.15) is 11.1 Å². The van der Waals surface area contributed by atoms with Gasteiger partial charge in [-0.25, -0.2) is 0 Å². The molecule has 26 heavy (non-hydrogen) atoms. The van der Waals surface area contributed by atoms with E-state index in [4.69, 9.17) is 4.74 Å². The highest BCUT2D eigenvalue weighted by Gasteiger charge is 2.13. The molecule has 0 radical (unpaired) electrons. The Hall–Kier alpha value is -3.25. The number of methoxy groups -OCH3 is 1. The fourth-order valence-electron chi connectivity index (χ4n) is 2.52. The second-order valence-corrected chi connectivity index (χ2v) is 5.80. The lowest BCUT2D eigenvalue weighted by molar-refractivity contribution is -0.136. The molecule has 0 saturated carbocycles. The maximum Gasteiger partial charge on any atom is 0.313 e. The van der Waals surface area contributed by atoms with Crippen LogP contribution in [0.4, 0.5) is 5.69 Å². The van der Waals surface area contributed by atoms with Crippen molar-refractivity contribution in [1.29, 1.82) is 0 Å². The zero-order valence-corrected chi connectivity index (χ0v) is 14.4. The van der Waals surface area contributed by atoms with Crippen molar-refractivity contribution in [3.05, 3.63) is 71.9 Å². The van der Waals surface area contributed by atoms with Gasteiger partial charge >= 0.3 is 11.8 Å². The minimum atomic E-state index is -0.704. The number of aromatic nitrogens is 1. The third-order valence-corrected chi connectivity index (χ3v) is 3.85. The van der Waals surface area contributed by atoms with Gasteiger partial charge in [0.2, 0.25) is 0 Å². The Bertz CT molecular complexity index is 923. The van der Waals surface area contributed by atoms with Crippen molar-refractivity contribution in [3.63, 3.8) is 0 Å². The molecule has 3 rings (SSSR count). The normalized spacial score (nSPS) is 10.5. The minimum Gasteiger partial charge on any atom is -0.380 e. The highest BCUT2D eigenvalue weighted by Crippen LogP contribution is 2.16. The molecule has 6 heteroatoms. The molecule has 0 aliphatic heterocycles. The van der Waals surface area contributed by atoms with E-state index in [1.54, 1.807) is 31.5 Å². The summed E-state index contributed by atoms with van der Waals surface area (Å²) in [6.45, 7) is 0.817. The molecule has 0 unspecified atom stereocenters. The number of rotatable bonds is 5. The van der Waals surface area contributed by atoms with Gasteiger partial charge < -0.3 is 15.4 Å². The fraction of sp³-hybridized carbons (Fsp3) is 0.150. The van der Waals surface area contributed by atoms with Crippen molar-refractivity contribution in [2.75, 3.05) is 12.4 Å². The number of benzene rings is 2. The van der Waals surface area contributed by atoms with E-state index in [0.29, 0.717) is 12.3 Å². The monoisotopic (exact) mass is 349 g/mol. The largest absolute Gasteiger partial charge is 0.380 e. The molecule has 1 aromatic heterocycles. The Balaban J connectivity index is 1.56. The van der Waals surface area contributed by atoms with Crippen molar-refractivity contribution < 1.29 is 14.3 Å². The summed E-state index contributed by atoms with van der Waals surface area (Å²) >= 11 is 0. The van der Waals surface area contributed by atoms with Gasteiger partial charge in [0.15, 0.2) is 0 Å². The second kappa shape index (κ2) is 8.22. The molecule has 2 aromatic carbocycles. The first-order chi connectivity index (χ1) is 12.7. The highest BCUT2D eigenvalue weighted by atomic mass is 16.5. The average Bonchev–Trinajstić information content (AvgIpc) is 2.67. The van der Waals surface area contributed by atoms with Gasteiger partial charge in [-0.2, -0.15) is 0 Å². The van der Waals surface area contributed by atoms with E-state index in [9.17, 15) is 9.59 Å². The van der Waals surface area contributed by atoms with Crippen LogP contribution in [0.5, 0.6) is 0 Å². The lowest BCUT2D eigenvalue weighted by Crippen LogP contribution is -2.34. The Labute approximate surface area is 151 Å². The third-order valence-electron chi connectivity index (χ3n) is 3.85. The predicted octanol–water partition coefficient (Wildman–Crippen LogP) is 2.64. The Morgan fingerprint density at radius 2 is 1.77 bits per heavy atom.